The number of nitrogens with zero attached hydrogens (tertiary/aromatic N) is 1. The van der Waals surface area contributed by atoms with Crippen molar-refractivity contribution in [3.8, 4) is 0 Å². The molecule has 1 heterocycles. The Bertz CT molecular complexity index is 1190. The average Bonchev–Trinajstić information content (AvgIpc) is 2.75. The number of nitrogens with one attached hydrogen (secondary N) is 1. The summed E-state index contributed by atoms with van der Waals surface area (Å²) in [4.78, 5) is 36.7. The van der Waals surface area contributed by atoms with E-state index in [4.69, 9.17) is 28.3 Å². The second-order valence-electron chi connectivity index (χ2n) is 6.91. The molecule has 0 atom stereocenters. The van der Waals surface area contributed by atoms with Crippen LogP contribution in [0.25, 0.3) is 0 Å². The van der Waals surface area contributed by atoms with E-state index >= 15 is 0 Å². The molecular weight excluding hydrogens is 439 g/mol. The van der Waals surface area contributed by atoms with Gasteiger partial charge < -0.3 is 15.0 Å². The van der Waals surface area contributed by atoms with Crippen LogP contribution in [0.3, 0.4) is 0 Å². The average molecular weight is 459 g/mol. The minimum absolute atomic E-state index is 0.0140. The number of aryl methyl sites for hydroxylation is 2. The molecule has 8 heteroatoms. The number of carboxylic acids is 1. The summed E-state index contributed by atoms with van der Waals surface area (Å²) in [6.45, 7) is 2.15. The van der Waals surface area contributed by atoms with Crippen molar-refractivity contribution in [3.63, 3.8) is 0 Å². The van der Waals surface area contributed by atoms with Gasteiger partial charge in [0.25, 0.3) is 11.5 Å². The van der Waals surface area contributed by atoms with Crippen LogP contribution in [0.1, 0.15) is 38.9 Å². The number of benzene rings is 2. The maximum absolute atomic E-state index is 13.0. The molecule has 2 aromatic carbocycles. The number of halogens is 2. The molecule has 0 saturated heterocycles. The summed E-state index contributed by atoms with van der Waals surface area (Å²) < 4.78 is 1.24. The third-order valence-corrected chi connectivity index (χ3v) is 5.39. The first-order valence-electron chi connectivity index (χ1n) is 9.61. The summed E-state index contributed by atoms with van der Waals surface area (Å²) in [7, 11) is 0. The molecule has 0 aliphatic rings. The predicted molar refractivity (Wildman–Crippen MR) is 122 cm³/mol. The number of pyridine rings is 1. The number of carbonyl (C=O) groups excluding carboxylic acids is 1. The van der Waals surface area contributed by atoms with Crippen LogP contribution >= 0.6 is 23.2 Å². The lowest BCUT2D eigenvalue weighted by molar-refractivity contribution is 0.0696. The quantitative estimate of drug-likeness (QED) is 0.526. The van der Waals surface area contributed by atoms with Crippen LogP contribution in [-0.2, 0) is 19.4 Å². The van der Waals surface area contributed by atoms with Crippen LogP contribution in [0.4, 0.5) is 5.69 Å². The van der Waals surface area contributed by atoms with Crippen LogP contribution in [0.2, 0.25) is 10.0 Å². The molecule has 0 aliphatic carbocycles. The topological polar surface area (TPSA) is 88.4 Å². The molecule has 2 N–H and O–H groups in total. The Morgan fingerprint density at radius 1 is 1.00 bits per heavy atom. The van der Waals surface area contributed by atoms with Crippen LogP contribution < -0.4 is 10.9 Å². The fraction of sp³-hybridized carbons (Fsp3) is 0.174. The van der Waals surface area contributed by atoms with Gasteiger partial charge in [-0.1, -0.05) is 54.4 Å². The van der Waals surface area contributed by atoms with Gasteiger partial charge in [0.05, 0.1) is 10.6 Å². The van der Waals surface area contributed by atoms with Gasteiger partial charge in [0.2, 0.25) is 0 Å². The lowest BCUT2D eigenvalue weighted by Crippen LogP contribution is -2.30. The highest BCUT2D eigenvalue weighted by molar-refractivity contribution is 6.36. The van der Waals surface area contributed by atoms with Gasteiger partial charge in [-0.2, -0.15) is 0 Å². The molecular formula is C23H20Cl2N2O4. The van der Waals surface area contributed by atoms with E-state index in [9.17, 15) is 14.4 Å². The molecule has 0 bridgehead atoms. The standard InChI is InChI=1S/C23H20Cl2N2O4/c1-2-14-4-3-5-17(12-14)26-21(28)20-18(24)13-19(25)22(29)27(20)11-10-15-6-8-16(9-7-15)23(30)31/h3-9,12-13H,2,10-11H2,1H3,(H,26,28)(H,30,31). The molecule has 160 valence electrons. The number of anilines is 1. The molecule has 3 rings (SSSR count). The van der Waals surface area contributed by atoms with Crippen molar-refractivity contribution in [2.75, 3.05) is 5.32 Å². The molecule has 6 nitrogen and oxygen atoms in total. The Labute approximate surface area is 189 Å². The molecule has 0 saturated carbocycles. The fourth-order valence-corrected chi connectivity index (χ4v) is 3.72. The summed E-state index contributed by atoms with van der Waals surface area (Å²) in [5, 5.41) is 11.8. The number of rotatable bonds is 7. The highest BCUT2D eigenvalue weighted by Gasteiger charge is 2.20. The summed E-state index contributed by atoms with van der Waals surface area (Å²) in [5.41, 5.74) is 2.11. The number of hydrogen-bond donors (Lipinski definition) is 2. The minimum atomic E-state index is -1.02. The molecule has 31 heavy (non-hydrogen) atoms. The number of amides is 1. The molecule has 0 radical (unpaired) electrons. The molecule has 3 aromatic rings. The van der Waals surface area contributed by atoms with Crippen molar-refractivity contribution in [2.45, 2.75) is 26.3 Å². The molecule has 0 aliphatic heterocycles. The van der Waals surface area contributed by atoms with E-state index in [1.165, 1.54) is 22.8 Å². The van der Waals surface area contributed by atoms with Gasteiger partial charge in [-0.25, -0.2) is 4.79 Å². The molecule has 1 amide bonds. The zero-order valence-corrected chi connectivity index (χ0v) is 18.2. The van der Waals surface area contributed by atoms with E-state index in [0.717, 1.165) is 17.5 Å². The van der Waals surface area contributed by atoms with Gasteiger partial charge in [-0.3, -0.25) is 9.59 Å². The first-order chi connectivity index (χ1) is 14.8. The fourth-order valence-electron chi connectivity index (χ4n) is 3.16. The van der Waals surface area contributed by atoms with Crippen LogP contribution in [0, 0.1) is 0 Å². The first-order valence-corrected chi connectivity index (χ1v) is 10.4. The highest BCUT2D eigenvalue weighted by atomic mass is 35.5. The number of aromatic carboxylic acids is 1. The van der Waals surface area contributed by atoms with Crippen LogP contribution in [-0.4, -0.2) is 21.6 Å². The summed E-state index contributed by atoms with van der Waals surface area (Å²) in [5.74, 6) is -1.54. The van der Waals surface area contributed by atoms with Crippen molar-refractivity contribution in [3.05, 3.63) is 97.4 Å². The summed E-state index contributed by atoms with van der Waals surface area (Å²) >= 11 is 12.3. The third-order valence-electron chi connectivity index (χ3n) is 4.83. The van der Waals surface area contributed by atoms with E-state index < -0.39 is 17.4 Å². The van der Waals surface area contributed by atoms with Gasteiger partial charge in [0, 0.05) is 12.2 Å². The van der Waals surface area contributed by atoms with Gasteiger partial charge in [0.1, 0.15) is 10.7 Å². The van der Waals surface area contributed by atoms with Crippen LogP contribution in [0.15, 0.2) is 59.4 Å². The summed E-state index contributed by atoms with van der Waals surface area (Å²) in [6.07, 6.45) is 1.19. The van der Waals surface area contributed by atoms with Gasteiger partial charge in [-0.05, 0) is 54.3 Å². The van der Waals surface area contributed by atoms with Gasteiger partial charge >= 0.3 is 5.97 Å². The smallest absolute Gasteiger partial charge is 0.335 e. The van der Waals surface area contributed by atoms with E-state index in [0.29, 0.717) is 12.1 Å². The predicted octanol–water partition coefficient (Wildman–Crippen LogP) is 4.91. The number of carboxylic acid groups (broad SMARTS) is 1. The Morgan fingerprint density at radius 2 is 1.71 bits per heavy atom. The van der Waals surface area contributed by atoms with E-state index in [-0.39, 0.29) is 27.8 Å². The molecule has 0 fully saturated rings. The normalized spacial score (nSPS) is 10.7. The second kappa shape index (κ2) is 9.81. The van der Waals surface area contributed by atoms with Crippen molar-refractivity contribution in [1.82, 2.24) is 4.57 Å². The maximum Gasteiger partial charge on any atom is 0.335 e. The maximum atomic E-state index is 13.0. The molecule has 0 spiro atoms. The number of hydrogen-bond acceptors (Lipinski definition) is 3. The van der Waals surface area contributed by atoms with Gasteiger partial charge in [0.15, 0.2) is 0 Å². The Balaban J connectivity index is 1.89. The van der Waals surface area contributed by atoms with Crippen LogP contribution in [0.5, 0.6) is 0 Å². The summed E-state index contributed by atoms with van der Waals surface area (Å²) in [6, 6.07) is 15.0. The monoisotopic (exact) mass is 458 g/mol. The van der Waals surface area contributed by atoms with Gasteiger partial charge in [-0.15, -0.1) is 0 Å². The zero-order valence-electron chi connectivity index (χ0n) is 16.7. The Morgan fingerprint density at radius 3 is 2.35 bits per heavy atom. The largest absolute Gasteiger partial charge is 0.478 e. The van der Waals surface area contributed by atoms with Crippen molar-refractivity contribution in [2.24, 2.45) is 0 Å². The van der Waals surface area contributed by atoms with Crippen molar-refractivity contribution >= 4 is 40.8 Å². The van der Waals surface area contributed by atoms with E-state index in [2.05, 4.69) is 5.32 Å². The number of aromatic nitrogens is 1. The third kappa shape index (κ3) is 5.34. The lowest BCUT2D eigenvalue weighted by atomic mass is 10.1. The highest BCUT2D eigenvalue weighted by Crippen LogP contribution is 2.21. The Hall–Kier alpha value is -3.09. The SMILES string of the molecule is CCc1cccc(NC(=O)c2c(Cl)cc(Cl)c(=O)n2CCc2ccc(C(=O)O)cc2)c1. The Kier molecular flexibility index (Phi) is 7.15. The molecule has 1 aromatic heterocycles. The molecule has 0 unspecified atom stereocenters. The number of carbonyl (C=O) groups is 2. The van der Waals surface area contributed by atoms with E-state index in [1.54, 1.807) is 18.2 Å². The first kappa shape index (κ1) is 22.6. The lowest BCUT2D eigenvalue weighted by Gasteiger charge is -2.15. The minimum Gasteiger partial charge on any atom is -0.478 e. The van der Waals surface area contributed by atoms with Crippen molar-refractivity contribution < 1.29 is 14.7 Å². The van der Waals surface area contributed by atoms with Crippen molar-refractivity contribution in [1.29, 1.82) is 0 Å². The zero-order chi connectivity index (χ0) is 22.5. The second-order valence-corrected chi connectivity index (χ2v) is 7.72. The van der Waals surface area contributed by atoms with E-state index in [1.807, 2.05) is 25.1 Å².